The first-order valence-electron chi connectivity index (χ1n) is 12.3. The molecule has 7 nitrogen and oxygen atoms in total. The zero-order valence-electron chi connectivity index (χ0n) is 21.8. The number of hydrogen-bond donors (Lipinski definition) is 1. The van der Waals surface area contributed by atoms with E-state index >= 15 is 4.39 Å². The van der Waals surface area contributed by atoms with E-state index in [4.69, 9.17) is 9.47 Å². The lowest BCUT2D eigenvalue weighted by molar-refractivity contribution is -0.117. The average Bonchev–Trinajstić information content (AvgIpc) is 3.47. The first-order valence-corrected chi connectivity index (χ1v) is 13.2. The summed E-state index contributed by atoms with van der Waals surface area (Å²) in [6.07, 6.45) is 0. The maximum absolute atomic E-state index is 15.0. The van der Waals surface area contributed by atoms with Crippen molar-refractivity contribution in [3.05, 3.63) is 106 Å². The third-order valence-electron chi connectivity index (χ3n) is 6.45. The molecule has 2 heterocycles. The van der Waals surface area contributed by atoms with Crippen LogP contribution >= 0.6 is 11.3 Å². The van der Waals surface area contributed by atoms with Gasteiger partial charge in [0.05, 0.1) is 41.6 Å². The van der Waals surface area contributed by atoms with Crippen molar-refractivity contribution in [1.29, 1.82) is 0 Å². The van der Waals surface area contributed by atoms with Gasteiger partial charge >= 0.3 is 0 Å². The average molecular weight is 563 g/mol. The van der Waals surface area contributed by atoms with Crippen molar-refractivity contribution in [2.45, 2.75) is 19.9 Å². The van der Waals surface area contributed by atoms with Crippen LogP contribution in [0.3, 0.4) is 0 Å². The van der Waals surface area contributed by atoms with Crippen LogP contribution in [0.5, 0.6) is 11.5 Å². The molecular formula is C30H24F2N2O5S. The van der Waals surface area contributed by atoms with E-state index in [0.29, 0.717) is 34.4 Å². The molecule has 5 rings (SSSR count). The van der Waals surface area contributed by atoms with E-state index in [1.807, 2.05) is 30.3 Å². The quantitative estimate of drug-likeness (QED) is 0.244. The second-order valence-electron chi connectivity index (χ2n) is 8.91. The topological polar surface area (TPSA) is 89.0 Å². The summed E-state index contributed by atoms with van der Waals surface area (Å²) in [7, 11) is 1.46. The van der Waals surface area contributed by atoms with E-state index < -0.39 is 40.8 Å². The van der Waals surface area contributed by atoms with Gasteiger partial charge < -0.3 is 14.6 Å². The predicted octanol–water partition coefficient (Wildman–Crippen LogP) is 6.59. The summed E-state index contributed by atoms with van der Waals surface area (Å²) in [4.78, 5) is 33.1. The summed E-state index contributed by atoms with van der Waals surface area (Å²) < 4.78 is 40.3. The van der Waals surface area contributed by atoms with Gasteiger partial charge in [0, 0.05) is 11.6 Å². The summed E-state index contributed by atoms with van der Waals surface area (Å²) >= 11 is 1.11. The number of Topliss-reactive ketones (excluding diaryl/α,β-unsaturated/α-hetero) is 1. The summed E-state index contributed by atoms with van der Waals surface area (Å²) in [6, 6.07) is 15.3. The van der Waals surface area contributed by atoms with Gasteiger partial charge in [0.2, 0.25) is 5.78 Å². The minimum absolute atomic E-state index is 0.207. The van der Waals surface area contributed by atoms with Crippen molar-refractivity contribution in [2.75, 3.05) is 18.6 Å². The molecule has 1 unspecified atom stereocenters. The number of ketones is 1. The Morgan fingerprint density at radius 1 is 1.07 bits per heavy atom. The normalized spacial score (nSPS) is 15.1. The smallest absolute Gasteiger partial charge is 0.294 e. The van der Waals surface area contributed by atoms with Crippen LogP contribution in [-0.2, 0) is 4.79 Å². The van der Waals surface area contributed by atoms with Gasteiger partial charge in [-0.2, -0.15) is 0 Å². The summed E-state index contributed by atoms with van der Waals surface area (Å²) in [5.74, 6) is -3.55. The number of carbonyl (C=O) groups excluding carboxylic acids is 2. The lowest BCUT2D eigenvalue weighted by Gasteiger charge is -2.27. The van der Waals surface area contributed by atoms with Crippen molar-refractivity contribution in [3.63, 3.8) is 0 Å². The maximum atomic E-state index is 15.0. The number of methoxy groups -OCH3 is 1. The fraction of sp³-hybridized carbons (Fsp3) is 0.167. The summed E-state index contributed by atoms with van der Waals surface area (Å²) in [5.41, 5.74) is 0.809. The molecule has 0 radical (unpaired) electrons. The molecule has 10 heteroatoms. The van der Waals surface area contributed by atoms with Crippen LogP contribution in [0.1, 0.15) is 33.9 Å². The summed E-state index contributed by atoms with van der Waals surface area (Å²) in [5, 5.41) is 11.7. The molecule has 1 aliphatic rings. The Morgan fingerprint density at radius 3 is 2.52 bits per heavy atom. The molecule has 0 spiro atoms. The predicted molar refractivity (Wildman–Crippen MR) is 147 cm³/mol. The number of carbonyl (C=O) groups is 2. The fourth-order valence-corrected chi connectivity index (χ4v) is 5.66. The fourth-order valence-electron chi connectivity index (χ4n) is 4.64. The van der Waals surface area contributed by atoms with Gasteiger partial charge in [-0.05, 0) is 43.7 Å². The molecule has 0 saturated heterocycles. The lowest BCUT2D eigenvalue weighted by atomic mass is 9.94. The van der Waals surface area contributed by atoms with Crippen LogP contribution in [0.4, 0.5) is 14.5 Å². The van der Waals surface area contributed by atoms with Crippen LogP contribution in [0.15, 0.2) is 78.1 Å². The first-order chi connectivity index (χ1) is 19.2. The Labute approximate surface area is 232 Å². The van der Waals surface area contributed by atoms with Gasteiger partial charge in [0.25, 0.3) is 5.91 Å². The van der Waals surface area contributed by atoms with Gasteiger partial charge in [0.15, 0.2) is 17.3 Å². The number of amides is 1. The minimum Gasteiger partial charge on any atom is -0.503 e. The highest BCUT2D eigenvalue weighted by Gasteiger charge is 2.46. The lowest BCUT2D eigenvalue weighted by Crippen LogP contribution is -2.32. The van der Waals surface area contributed by atoms with Gasteiger partial charge in [-0.3, -0.25) is 14.5 Å². The summed E-state index contributed by atoms with van der Waals surface area (Å²) in [6.45, 7) is 3.72. The van der Waals surface area contributed by atoms with Crippen LogP contribution in [0.25, 0.3) is 10.6 Å². The Morgan fingerprint density at radius 2 is 1.82 bits per heavy atom. The van der Waals surface area contributed by atoms with Crippen LogP contribution in [-0.4, -0.2) is 35.5 Å². The van der Waals surface area contributed by atoms with Crippen molar-refractivity contribution >= 4 is 28.7 Å². The highest BCUT2D eigenvalue weighted by Crippen LogP contribution is 2.45. The Hall–Kier alpha value is -4.57. The zero-order valence-corrected chi connectivity index (χ0v) is 22.6. The Bertz CT molecular complexity index is 1650. The molecule has 0 bridgehead atoms. The van der Waals surface area contributed by atoms with Crippen molar-refractivity contribution in [3.8, 4) is 22.1 Å². The van der Waals surface area contributed by atoms with E-state index in [1.54, 1.807) is 32.0 Å². The number of nitrogens with zero attached hydrogens (tertiary/aromatic N) is 2. The SMILES string of the molecule is CCOc1cc(C2C(C(=O)c3sc(-c4ccccc4)nc3C)=C(O)C(=O)N2c2cc(F)ccc2F)ccc1OC. The molecule has 1 N–H and O–H groups in total. The van der Waals surface area contributed by atoms with E-state index in [2.05, 4.69) is 4.98 Å². The van der Waals surface area contributed by atoms with Crippen LogP contribution < -0.4 is 14.4 Å². The second kappa shape index (κ2) is 10.9. The number of rotatable bonds is 8. The van der Waals surface area contributed by atoms with Gasteiger partial charge in [-0.15, -0.1) is 11.3 Å². The minimum atomic E-state index is -1.30. The molecule has 1 aromatic heterocycles. The molecule has 1 atom stereocenters. The second-order valence-corrected chi connectivity index (χ2v) is 9.91. The molecule has 0 saturated carbocycles. The van der Waals surface area contributed by atoms with E-state index in [9.17, 15) is 19.1 Å². The molecule has 0 fully saturated rings. The molecule has 3 aromatic carbocycles. The number of aliphatic hydroxyl groups excluding tert-OH is 1. The van der Waals surface area contributed by atoms with Gasteiger partial charge in [-0.25, -0.2) is 13.8 Å². The molecular weight excluding hydrogens is 538 g/mol. The van der Waals surface area contributed by atoms with Crippen molar-refractivity contribution < 1.29 is 33.0 Å². The molecule has 4 aromatic rings. The number of aryl methyl sites for hydroxylation is 1. The molecule has 40 heavy (non-hydrogen) atoms. The number of halogens is 2. The number of ether oxygens (including phenoxy) is 2. The van der Waals surface area contributed by atoms with Gasteiger partial charge in [0.1, 0.15) is 16.6 Å². The largest absolute Gasteiger partial charge is 0.503 e. The maximum Gasteiger partial charge on any atom is 0.294 e. The molecule has 1 aliphatic heterocycles. The monoisotopic (exact) mass is 562 g/mol. The number of thiazole rings is 1. The van der Waals surface area contributed by atoms with Gasteiger partial charge in [-0.1, -0.05) is 36.4 Å². The molecule has 1 amide bonds. The van der Waals surface area contributed by atoms with E-state index in [-0.39, 0.29) is 10.5 Å². The number of anilines is 1. The Balaban J connectivity index is 1.68. The number of aromatic nitrogens is 1. The molecule has 0 aliphatic carbocycles. The zero-order chi connectivity index (χ0) is 28.6. The highest BCUT2D eigenvalue weighted by atomic mass is 32.1. The van der Waals surface area contributed by atoms with Crippen molar-refractivity contribution in [2.24, 2.45) is 0 Å². The third-order valence-corrected chi connectivity index (χ3v) is 7.65. The third kappa shape index (κ3) is 4.71. The van der Waals surface area contributed by atoms with E-state index in [0.717, 1.165) is 40.0 Å². The van der Waals surface area contributed by atoms with Crippen molar-refractivity contribution in [1.82, 2.24) is 4.98 Å². The number of hydrogen-bond acceptors (Lipinski definition) is 7. The van der Waals surface area contributed by atoms with E-state index in [1.165, 1.54) is 7.11 Å². The standard InChI is InChI=1S/C30H24F2N2O5S/c1-4-39-23-14-18(10-13-22(23)38-3)25-24(27(36)30(37)34(25)21-15-19(31)11-12-20(21)32)26(35)28-16(2)33-29(40-28)17-8-6-5-7-9-17/h5-15,25,36H,4H2,1-3H3. The van der Waals surface area contributed by atoms with Crippen LogP contribution in [0.2, 0.25) is 0 Å². The number of benzene rings is 3. The van der Waals surface area contributed by atoms with Crippen LogP contribution in [0, 0.1) is 18.6 Å². The first kappa shape index (κ1) is 27.0. The number of aliphatic hydroxyl groups is 1. The molecule has 204 valence electrons. The highest BCUT2D eigenvalue weighted by molar-refractivity contribution is 7.17. The Kier molecular flexibility index (Phi) is 7.36.